The van der Waals surface area contributed by atoms with Gasteiger partial charge in [-0.1, -0.05) is 19.6 Å². The van der Waals surface area contributed by atoms with Gasteiger partial charge in [-0.2, -0.15) is 11.3 Å². The molecule has 1 fully saturated rings. The maximum Gasteiger partial charge on any atom is 0.407 e. The fourth-order valence-electron chi connectivity index (χ4n) is 1.85. The van der Waals surface area contributed by atoms with Gasteiger partial charge in [0, 0.05) is 20.0 Å². The van der Waals surface area contributed by atoms with E-state index in [-0.39, 0.29) is 12.1 Å². The minimum atomic E-state index is -1.11. The summed E-state index contributed by atoms with van der Waals surface area (Å²) in [4.78, 5) is 11.6. The van der Waals surface area contributed by atoms with E-state index < -0.39 is 8.07 Å². The molecule has 0 bridgehead atoms. The number of carbonyl (C=O) groups is 1. The lowest BCUT2D eigenvalue weighted by atomic mass is 10.2. The number of carbonyl (C=O) groups excluding carboxylic acids is 1. The lowest BCUT2D eigenvalue weighted by Crippen LogP contribution is -2.29. The maximum atomic E-state index is 11.6. The summed E-state index contributed by atoms with van der Waals surface area (Å²) in [6.07, 6.45) is 0.788. The van der Waals surface area contributed by atoms with E-state index in [2.05, 4.69) is 41.8 Å². The first kappa shape index (κ1) is 13.6. The second-order valence-electron chi connectivity index (χ2n) is 6.10. The highest BCUT2D eigenvalue weighted by atomic mass is 32.1. The molecule has 1 amide bonds. The Morgan fingerprint density at radius 3 is 2.94 bits per heavy atom. The molecule has 1 N–H and O–H groups in total. The minimum Gasteiger partial charge on any atom is -0.450 e. The Morgan fingerprint density at radius 2 is 2.33 bits per heavy atom. The van der Waals surface area contributed by atoms with Crippen LogP contribution in [0, 0.1) is 0 Å². The van der Waals surface area contributed by atoms with Gasteiger partial charge in [-0.15, -0.1) is 0 Å². The molecule has 2 rings (SSSR count). The van der Waals surface area contributed by atoms with Crippen molar-refractivity contribution in [3.05, 3.63) is 22.4 Å². The summed E-state index contributed by atoms with van der Waals surface area (Å²) in [5.74, 6) is 0.501. The highest BCUT2D eigenvalue weighted by Gasteiger charge is 2.40. The van der Waals surface area contributed by atoms with Crippen molar-refractivity contribution in [3.8, 4) is 0 Å². The minimum absolute atomic E-state index is 0.254. The molecule has 1 heterocycles. The normalized spacial score (nSPS) is 22.6. The van der Waals surface area contributed by atoms with Gasteiger partial charge in [0.15, 0.2) is 0 Å². The summed E-state index contributed by atoms with van der Waals surface area (Å²) >= 11 is 1.71. The van der Waals surface area contributed by atoms with Crippen molar-refractivity contribution in [2.45, 2.75) is 44.1 Å². The Labute approximate surface area is 114 Å². The van der Waals surface area contributed by atoms with Gasteiger partial charge in [-0.05, 0) is 34.9 Å². The van der Waals surface area contributed by atoms with Crippen molar-refractivity contribution >= 4 is 25.5 Å². The summed E-state index contributed by atoms with van der Waals surface area (Å²) in [6.45, 7) is 7.39. The molecule has 3 nitrogen and oxygen atoms in total. The molecular formula is C13H21NO2SSi. The van der Waals surface area contributed by atoms with Gasteiger partial charge in [-0.25, -0.2) is 4.79 Å². The first-order chi connectivity index (χ1) is 8.46. The fourth-order valence-corrected chi connectivity index (χ4v) is 3.29. The number of ether oxygens (including phenoxy) is 1. The first-order valence-electron chi connectivity index (χ1n) is 6.41. The van der Waals surface area contributed by atoms with Gasteiger partial charge in [0.05, 0.1) is 6.61 Å². The van der Waals surface area contributed by atoms with Crippen molar-refractivity contribution in [2.75, 3.05) is 6.61 Å². The SMILES string of the molecule is C[Si](C)(C)CCOC(=O)N[C@H]1C[C@@H]1c1ccsc1. The van der Waals surface area contributed by atoms with Crippen LogP contribution in [-0.2, 0) is 4.74 Å². The van der Waals surface area contributed by atoms with Crippen LogP contribution in [0.2, 0.25) is 25.7 Å². The van der Waals surface area contributed by atoms with Gasteiger partial charge in [0.2, 0.25) is 0 Å². The Balaban J connectivity index is 1.65. The molecule has 0 aliphatic heterocycles. The van der Waals surface area contributed by atoms with Crippen LogP contribution in [0.4, 0.5) is 4.79 Å². The standard InChI is InChI=1S/C13H21NO2SSi/c1-18(2,3)7-5-16-13(15)14-12-8-11(12)10-4-6-17-9-10/h4,6,9,11-12H,5,7-8H2,1-3H3,(H,14,15)/t11-,12+/m1/s1. The smallest absolute Gasteiger partial charge is 0.407 e. The Bertz CT molecular complexity index is 400. The quantitative estimate of drug-likeness (QED) is 0.837. The third-order valence-electron chi connectivity index (χ3n) is 3.15. The predicted molar refractivity (Wildman–Crippen MR) is 78.1 cm³/mol. The molecule has 1 aromatic heterocycles. The first-order valence-corrected chi connectivity index (χ1v) is 11.1. The van der Waals surface area contributed by atoms with Gasteiger partial charge in [-0.3, -0.25) is 0 Å². The molecule has 1 aliphatic rings. The van der Waals surface area contributed by atoms with Crippen molar-refractivity contribution < 1.29 is 9.53 Å². The van der Waals surface area contributed by atoms with E-state index in [9.17, 15) is 4.79 Å². The summed E-state index contributed by atoms with van der Waals surface area (Å²) in [6, 6.07) is 3.44. The molecule has 5 heteroatoms. The van der Waals surface area contributed by atoms with Crippen LogP contribution in [0.5, 0.6) is 0 Å². The van der Waals surface area contributed by atoms with E-state index in [4.69, 9.17) is 4.74 Å². The topological polar surface area (TPSA) is 38.3 Å². The van der Waals surface area contributed by atoms with Crippen LogP contribution in [-0.4, -0.2) is 26.8 Å². The van der Waals surface area contributed by atoms with Crippen molar-refractivity contribution in [3.63, 3.8) is 0 Å². The van der Waals surface area contributed by atoms with Crippen LogP contribution in [0.15, 0.2) is 16.8 Å². The molecule has 18 heavy (non-hydrogen) atoms. The number of nitrogens with one attached hydrogen (secondary N) is 1. The summed E-state index contributed by atoms with van der Waals surface area (Å²) in [5, 5.41) is 7.17. The second kappa shape index (κ2) is 5.44. The summed E-state index contributed by atoms with van der Waals surface area (Å²) in [7, 11) is -1.11. The number of hydrogen-bond donors (Lipinski definition) is 1. The van der Waals surface area contributed by atoms with E-state index in [1.807, 2.05) is 0 Å². The lowest BCUT2D eigenvalue weighted by molar-refractivity contribution is 0.151. The van der Waals surface area contributed by atoms with E-state index in [1.165, 1.54) is 5.56 Å². The van der Waals surface area contributed by atoms with Gasteiger partial charge in [0.25, 0.3) is 0 Å². The monoisotopic (exact) mass is 283 g/mol. The predicted octanol–water partition coefficient (Wildman–Crippen LogP) is 3.67. The molecular weight excluding hydrogens is 262 g/mol. The third kappa shape index (κ3) is 4.14. The Hall–Kier alpha value is -0.813. The van der Waals surface area contributed by atoms with Crippen LogP contribution in [0.1, 0.15) is 17.9 Å². The van der Waals surface area contributed by atoms with E-state index >= 15 is 0 Å². The van der Waals surface area contributed by atoms with Gasteiger partial charge >= 0.3 is 6.09 Å². The molecule has 1 aromatic rings. The average molecular weight is 283 g/mol. The molecule has 1 saturated carbocycles. The van der Waals surface area contributed by atoms with E-state index in [1.54, 1.807) is 11.3 Å². The molecule has 0 saturated heterocycles. The molecule has 0 aromatic carbocycles. The highest BCUT2D eigenvalue weighted by Crippen LogP contribution is 2.41. The van der Waals surface area contributed by atoms with Gasteiger partial charge in [0.1, 0.15) is 0 Å². The molecule has 2 atom stereocenters. The number of hydrogen-bond acceptors (Lipinski definition) is 3. The number of rotatable bonds is 5. The van der Waals surface area contributed by atoms with Crippen LogP contribution in [0.25, 0.3) is 0 Å². The fraction of sp³-hybridized carbons (Fsp3) is 0.615. The average Bonchev–Trinajstić information content (AvgIpc) is 2.80. The Morgan fingerprint density at radius 1 is 1.56 bits per heavy atom. The number of amides is 1. The molecule has 0 spiro atoms. The number of thiophene rings is 1. The van der Waals surface area contributed by atoms with Crippen LogP contribution in [0.3, 0.4) is 0 Å². The molecule has 0 radical (unpaired) electrons. The van der Waals surface area contributed by atoms with E-state index in [0.717, 1.165) is 12.5 Å². The zero-order chi connectivity index (χ0) is 13.2. The van der Waals surface area contributed by atoms with Crippen LogP contribution >= 0.6 is 11.3 Å². The Kier molecular flexibility index (Phi) is 4.12. The molecule has 1 aliphatic carbocycles. The molecule has 0 unspecified atom stereocenters. The second-order valence-corrected chi connectivity index (χ2v) is 12.5. The van der Waals surface area contributed by atoms with E-state index in [0.29, 0.717) is 12.5 Å². The third-order valence-corrected chi connectivity index (χ3v) is 5.56. The zero-order valence-corrected chi connectivity index (χ0v) is 13.0. The zero-order valence-electron chi connectivity index (χ0n) is 11.2. The lowest BCUT2D eigenvalue weighted by Gasteiger charge is -2.15. The number of alkyl carbamates (subject to hydrolysis) is 1. The maximum absolute atomic E-state index is 11.6. The highest BCUT2D eigenvalue weighted by molar-refractivity contribution is 7.08. The summed E-state index contributed by atoms with van der Waals surface area (Å²) in [5.41, 5.74) is 1.34. The van der Waals surface area contributed by atoms with Gasteiger partial charge < -0.3 is 10.1 Å². The largest absolute Gasteiger partial charge is 0.450 e. The molecule has 100 valence electrons. The van der Waals surface area contributed by atoms with Crippen molar-refractivity contribution in [1.29, 1.82) is 0 Å². The van der Waals surface area contributed by atoms with Crippen molar-refractivity contribution in [2.24, 2.45) is 0 Å². The van der Waals surface area contributed by atoms with Crippen LogP contribution < -0.4 is 5.32 Å². The summed E-state index contributed by atoms with van der Waals surface area (Å²) < 4.78 is 5.22. The van der Waals surface area contributed by atoms with Crippen molar-refractivity contribution in [1.82, 2.24) is 5.32 Å².